The average molecular weight is 394 g/mol. The van der Waals surface area contributed by atoms with Gasteiger partial charge in [0.25, 0.3) is 0 Å². The minimum absolute atomic E-state index is 0.808. The highest BCUT2D eigenvalue weighted by molar-refractivity contribution is 5.82. The van der Waals surface area contributed by atoms with Crippen LogP contribution < -0.4 is 4.74 Å². The Labute approximate surface area is 178 Å². The van der Waals surface area contributed by atoms with Gasteiger partial charge in [-0.1, -0.05) is 77.3 Å². The first-order chi connectivity index (χ1) is 14.3. The topological polar surface area (TPSA) is 21.6 Å². The minimum Gasteiger partial charge on any atom is -0.494 e. The van der Waals surface area contributed by atoms with E-state index in [1.165, 1.54) is 69.8 Å². The van der Waals surface area contributed by atoms with Crippen molar-refractivity contribution in [1.82, 2.24) is 0 Å². The minimum atomic E-state index is 0.808. The van der Waals surface area contributed by atoms with E-state index in [0.29, 0.717) is 0 Å². The molecule has 0 atom stereocenters. The van der Waals surface area contributed by atoms with Gasteiger partial charge in [-0.3, -0.25) is 4.99 Å². The number of aryl methyl sites for hydroxylation is 1. The molecule has 0 aliphatic heterocycles. The Hall–Kier alpha value is -2.09. The zero-order valence-corrected chi connectivity index (χ0v) is 18.5. The van der Waals surface area contributed by atoms with Crippen LogP contribution in [0, 0.1) is 0 Å². The van der Waals surface area contributed by atoms with Crippen molar-refractivity contribution in [2.45, 2.75) is 84.5 Å². The second-order valence-electron chi connectivity index (χ2n) is 7.92. The highest BCUT2D eigenvalue weighted by Crippen LogP contribution is 2.17. The fraction of sp³-hybridized carbons (Fsp3) is 0.519. The standard InChI is InChI=1S/C27H39NO/c1-3-5-7-9-11-13-24-14-18-26(19-15-24)28-23-25-16-20-27(21-17-25)29-22-12-10-8-6-4-2/h14-21,23H,3-13,22H2,1-2H3/b28-23+. The molecule has 0 amide bonds. The van der Waals surface area contributed by atoms with Gasteiger partial charge in [0.2, 0.25) is 0 Å². The smallest absolute Gasteiger partial charge is 0.119 e. The number of rotatable bonds is 15. The van der Waals surface area contributed by atoms with E-state index in [1.807, 2.05) is 18.3 Å². The monoisotopic (exact) mass is 393 g/mol. The van der Waals surface area contributed by atoms with Gasteiger partial charge < -0.3 is 4.74 Å². The lowest BCUT2D eigenvalue weighted by Crippen LogP contribution is -1.97. The van der Waals surface area contributed by atoms with Crippen LogP contribution in [-0.2, 0) is 6.42 Å². The summed E-state index contributed by atoms with van der Waals surface area (Å²) in [5, 5.41) is 0. The molecule has 0 spiro atoms. The Morgan fingerprint density at radius 3 is 1.97 bits per heavy atom. The zero-order valence-electron chi connectivity index (χ0n) is 18.5. The molecule has 0 fully saturated rings. The molecule has 0 aliphatic rings. The number of benzene rings is 2. The first kappa shape index (κ1) is 23.2. The second kappa shape index (κ2) is 14.8. The first-order valence-electron chi connectivity index (χ1n) is 11.7. The molecule has 0 unspecified atom stereocenters. The van der Waals surface area contributed by atoms with Crippen molar-refractivity contribution in [3.05, 3.63) is 59.7 Å². The van der Waals surface area contributed by atoms with Crippen LogP contribution in [0.4, 0.5) is 5.69 Å². The van der Waals surface area contributed by atoms with E-state index in [4.69, 9.17) is 4.74 Å². The van der Waals surface area contributed by atoms with Crippen molar-refractivity contribution in [3.8, 4) is 5.75 Å². The number of hydrogen-bond donors (Lipinski definition) is 0. The molecule has 2 aromatic carbocycles. The van der Waals surface area contributed by atoms with E-state index in [9.17, 15) is 0 Å². The lowest BCUT2D eigenvalue weighted by Gasteiger charge is -2.06. The molecule has 0 saturated heterocycles. The summed E-state index contributed by atoms with van der Waals surface area (Å²) in [7, 11) is 0. The largest absolute Gasteiger partial charge is 0.494 e. The van der Waals surface area contributed by atoms with Crippen LogP contribution in [-0.4, -0.2) is 12.8 Å². The molecule has 0 heterocycles. The Kier molecular flexibility index (Phi) is 11.9. The quantitative estimate of drug-likeness (QED) is 0.220. The van der Waals surface area contributed by atoms with Gasteiger partial charge in [-0.2, -0.15) is 0 Å². The average Bonchev–Trinajstić information content (AvgIpc) is 2.76. The third kappa shape index (κ3) is 10.3. The molecular weight excluding hydrogens is 354 g/mol. The Morgan fingerprint density at radius 2 is 1.31 bits per heavy atom. The highest BCUT2D eigenvalue weighted by atomic mass is 16.5. The summed E-state index contributed by atoms with van der Waals surface area (Å²) in [5.41, 5.74) is 3.52. The molecule has 2 rings (SSSR count). The summed E-state index contributed by atoms with van der Waals surface area (Å²) >= 11 is 0. The van der Waals surface area contributed by atoms with E-state index in [0.717, 1.165) is 30.0 Å². The molecule has 2 heteroatoms. The summed E-state index contributed by atoms with van der Waals surface area (Å²) in [6.07, 6.45) is 16.1. The van der Waals surface area contributed by atoms with Gasteiger partial charge in [-0.25, -0.2) is 0 Å². The van der Waals surface area contributed by atoms with E-state index in [1.54, 1.807) is 0 Å². The van der Waals surface area contributed by atoms with Crippen LogP contribution in [0.1, 0.15) is 89.2 Å². The molecule has 0 bridgehead atoms. The predicted molar refractivity (Wildman–Crippen MR) is 127 cm³/mol. The maximum Gasteiger partial charge on any atom is 0.119 e. The molecule has 0 aromatic heterocycles. The Bertz CT molecular complexity index is 673. The van der Waals surface area contributed by atoms with Crippen molar-refractivity contribution >= 4 is 11.9 Å². The number of nitrogens with zero attached hydrogens (tertiary/aromatic N) is 1. The van der Waals surface area contributed by atoms with Crippen molar-refractivity contribution < 1.29 is 4.74 Å². The lowest BCUT2D eigenvalue weighted by atomic mass is 10.1. The molecule has 0 saturated carbocycles. The van der Waals surface area contributed by atoms with Crippen molar-refractivity contribution in [2.75, 3.05) is 6.61 Å². The fourth-order valence-corrected chi connectivity index (χ4v) is 3.38. The summed E-state index contributed by atoms with van der Waals surface area (Å²) in [4.78, 5) is 4.61. The second-order valence-corrected chi connectivity index (χ2v) is 7.92. The fourth-order valence-electron chi connectivity index (χ4n) is 3.38. The number of aliphatic imine (C=N–C) groups is 1. The number of ether oxygens (including phenoxy) is 1. The predicted octanol–water partition coefficient (Wildman–Crippen LogP) is 8.30. The Morgan fingerprint density at radius 1 is 0.690 bits per heavy atom. The number of hydrogen-bond acceptors (Lipinski definition) is 2. The molecule has 158 valence electrons. The van der Waals surface area contributed by atoms with Gasteiger partial charge in [-0.15, -0.1) is 0 Å². The van der Waals surface area contributed by atoms with Crippen LogP contribution >= 0.6 is 0 Å². The zero-order chi connectivity index (χ0) is 20.6. The SMILES string of the molecule is CCCCCCCOc1ccc(/C=N/c2ccc(CCCCCCC)cc2)cc1. The lowest BCUT2D eigenvalue weighted by molar-refractivity contribution is 0.304. The van der Waals surface area contributed by atoms with Crippen LogP contribution in [0.2, 0.25) is 0 Å². The summed E-state index contributed by atoms with van der Waals surface area (Å²) in [6.45, 7) is 5.31. The van der Waals surface area contributed by atoms with E-state index >= 15 is 0 Å². The third-order valence-electron chi connectivity index (χ3n) is 5.26. The van der Waals surface area contributed by atoms with Gasteiger partial charge >= 0.3 is 0 Å². The van der Waals surface area contributed by atoms with Crippen LogP contribution in [0.5, 0.6) is 5.75 Å². The van der Waals surface area contributed by atoms with Crippen molar-refractivity contribution in [1.29, 1.82) is 0 Å². The maximum absolute atomic E-state index is 5.83. The van der Waals surface area contributed by atoms with Gasteiger partial charge in [0.05, 0.1) is 12.3 Å². The maximum atomic E-state index is 5.83. The molecule has 0 N–H and O–H groups in total. The molecule has 2 aromatic rings. The molecule has 0 radical (unpaired) electrons. The van der Waals surface area contributed by atoms with Gasteiger partial charge in [0.15, 0.2) is 0 Å². The molecule has 2 nitrogen and oxygen atoms in total. The van der Waals surface area contributed by atoms with E-state index in [-0.39, 0.29) is 0 Å². The van der Waals surface area contributed by atoms with Crippen molar-refractivity contribution in [2.24, 2.45) is 4.99 Å². The van der Waals surface area contributed by atoms with Gasteiger partial charge in [-0.05, 0) is 66.8 Å². The Balaban J connectivity index is 1.70. The normalized spacial score (nSPS) is 11.2. The molecular formula is C27H39NO. The first-order valence-corrected chi connectivity index (χ1v) is 11.7. The summed E-state index contributed by atoms with van der Waals surface area (Å²) < 4.78 is 5.83. The van der Waals surface area contributed by atoms with Crippen molar-refractivity contribution in [3.63, 3.8) is 0 Å². The van der Waals surface area contributed by atoms with Crippen LogP contribution in [0.15, 0.2) is 53.5 Å². The van der Waals surface area contributed by atoms with E-state index in [2.05, 4.69) is 55.2 Å². The van der Waals surface area contributed by atoms with Crippen LogP contribution in [0.3, 0.4) is 0 Å². The van der Waals surface area contributed by atoms with Gasteiger partial charge in [0.1, 0.15) is 5.75 Å². The van der Waals surface area contributed by atoms with Gasteiger partial charge in [0, 0.05) is 6.21 Å². The van der Waals surface area contributed by atoms with Crippen LogP contribution in [0.25, 0.3) is 0 Å². The van der Waals surface area contributed by atoms with E-state index < -0.39 is 0 Å². The summed E-state index contributed by atoms with van der Waals surface area (Å²) in [6, 6.07) is 16.9. The molecule has 29 heavy (non-hydrogen) atoms. The summed E-state index contributed by atoms with van der Waals surface area (Å²) in [5.74, 6) is 0.945. The third-order valence-corrected chi connectivity index (χ3v) is 5.26. The number of unbranched alkanes of at least 4 members (excludes halogenated alkanes) is 8. The highest BCUT2D eigenvalue weighted by Gasteiger charge is 1.97. The molecule has 0 aliphatic carbocycles.